The van der Waals surface area contributed by atoms with E-state index in [0.29, 0.717) is 5.69 Å². The van der Waals surface area contributed by atoms with Crippen molar-refractivity contribution < 1.29 is 4.74 Å². The molecule has 0 radical (unpaired) electrons. The smallest absolute Gasteiger partial charge is 0.140 e. The molecule has 0 spiro atoms. The van der Waals surface area contributed by atoms with E-state index in [0.717, 1.165) is 25.4 Å². The van der Waals surface area contributed by atoms with E-state index in [1.807, 2.05) is 12.1 Å². The minimum Gasteiger partial charge on any atom is -0.372 e. The van der Waals surface area contributed by atoms with E-state index >= 15 is 0 Å². The van der Waals surface area contributed by atoms with Crippen LogP contribution in [0, 0.1) is 11.3 Å². The van der Waals surface area contributed by atoms with Crippen molar-refractivity contribution in [2.75, 3.05) is 24.6 Å². The van der Waals surface area contributed by atoms with Crippen LogP contribution in [0.15, 0.2) is 18.3 Å². The van der Waals surface area contributed by atoms with Crippen molar-refractivity contribution in [3.8, 4) is 6.07 Å². The molecule has 0 bridgehead atoms. The number of nitriles is 1. The topological polar surface area (TPSA) is 49.2 Å². The van der Waals surface area contributed by atoms with E-state index in [1.54, 1.807) is 12.3 Å². The lowest BCUT2D eigenvalue weighted by Gasteiger charge is -2.39. The van der Waals surface area contributed by atoms with Crippen LogP contribution in [0.25, 0.3) is 0 Å². The van der Waals surface area contributed by atoms with E-state index < -0.39 is 0 Å². The molecule has 16 heavy (non-hydrogen) atoms. The molecule has 0 aliphatic carbocycles. The molecule has 2 rings (SSSR count). The van der Waals surface area contributed by atoms with Gasteiger partial charge in [0.15, 0.2) is 0 Å². The summed E-state index contributed by atoms with van der Waals surface area (Å²) in [4.78, 5) is 6.31. The van der Waals surface area contributed by atoms with Crippen LogP contribution in [0.3, 0.4) is 0 Å². The molecule has 0 saturated carbocycles. The Bertz CT molecular complexity index is 405. The molecule has 0 unspecified atom stereocenters. The SMILES string of the molecule is CC1(C)CN(c2ccc(C#N)nc2)CCO1. The third kappa shape index (κ3) is 2.31. The average Bonchev–Trinajstić information content (AvgIpc) is 2.28. The summed E-state index contributed by atoms with van der Waals surface area (Å²) in [6, 6.07) is 5.70. The number of pyridine rings is 1. The van der Waals surface area contributed by atoms with Gasteiger partial charge in [0, 0.05) is 13.1 Å². The lowest BCUT2D eigenvalue weighted by atomic mass is 10.1. The Kier molecular flexibility index (Phi) is 2.80. The van der Waals surface area contributed by atoms with Crippen molar-refractivity contribution in [2.45, 2.75) is 19.4 Å². The van der Waals surface area contributed by atoms with Crippen LogP contribution in [0.5, 0.6) is 0 Å². The van der Waals surface area contributed by atoms with Gasteiger partial charge >= 0.3 is 0 Å². The maximum Gasteiger partial charge on any atom is 0.140 e. The normalized spacial score (nSPS) is 19.2. The molecule has 4 nitrogen and oxygen atoms in total. The van der Waals surface area contributed by atoms with Gasteiger partial charge in [0.05, 0.1) is 24.1 Å². The van der Waals surface area contributed by atoms with Gasteiger partial charge in [-0.1, -0.05) is 0 Å². The van der Waals surface area contributed by atoms with Gasteiger partial charge in [-0.05, 0) is 26.0 Å². The Balaban J connectivity index is 2.15. The zero-order valence-corrected chi connectivity index (χ0v) is 9.60. The Morgan fingerprint density at radius 1 is 1.50 bits per heavy atom. The second-order valence-electron chi connectivity index (χ2n) is 4.54. The van der Waals surface area contributed by atoms with Crippen molar-refractivity contribution in [2.24, 2.45) is 0 Å². The first-order valence-corrected chi connectivity index (χ1v) is 5.36. The zero-order chi connectivity index (χ0) is 11.6. The molecule has 1 aromatic heterocycles. The Labute approximate surface area is 95.5 Å². The number of hydrogen-bond acceptors (Lipinski definition) is 4. The molecule has 1 aliphatic heterocycles. The monoisotopic (exact) mass is 217 g/mol. The first kappa shape index (κ1) is 10.9. The van der Waals surface area contributed by atoms with Crippen molar-refractivity contribution >= 4 is 5.69 Å². The Morgan fingerprint density at radius 3 is 2.88 bits per heavy atom. The van der Waals surface area contributed by atoms with Crippen molar-refractivity contribution in [1.82, 2.24) is 4.98 Å². The highest BCUT2D eigenvalue weighted by Gasteiger charge is 2.27. The predicted molar refractivity (Wildman–Crippen MR) is 61.2 cm³/mol. The van der Waals surface area contributed by atoms with Crippen LogP contribution >= 0.6 is 0 Å². The minimum absolute atomic E-state index is 0.119. The summed E-state index contributed by atoms with van der Waals surface area (Å²) in [5, 5.41) is 8.68. The van der Waals surface area contributed by atoms with Crippen molar-refractivity contribution in [1.29, 1.82) is 5.26 Å². The Morgan fingerprint density at radius 2 is 2.31 bits per heavy atom. The van der Waals surface area contributed by atoms with Crippen LogP contribution in [-0.2, 0) is 4.74 Å². The number of ether oxygens (including phenoxy) is 1. The molecule has 0 aromatic carbocycles. The van der Waals surface area contributed by atoms with Gasteiger partial charge in [-0.3, -0.25) is 0 Å². The van der Waals surface area contributed by atoms with Gasteiger partial charge in [0.2, 0.25) is 0 Å². The second-order valence-corrected chi connectivity index (χ2v) is 4.54. The summed E-state index contributed by atoms with van der Waals surface area (Å²) < 4.78 is 5.65. The molecule has 0 N–H and O–H groups in total. The molecule has 0 atom stereocenters. The third-order valence-electron chi connectivity index (χ3n) is 2.65. The van der Waals surface area contributed by atoms with Gasteiger partial charge in [0.25, 0.3) is 0 Å². The van der Waals surface area contributed by atoms with Crippen LogP contribution in [0.4, 0.5) is 5.69 Å². The highest BCUT2D eigenvalue weighted by molar-refractivity contribution is 5.46. The van der Waals surface area contributed by atoms with E-state index in [-0.39, 0.29) is 5.60 Å². The number of aromatic nitrogens is 1. The van der Waals surface area contributed by atoms with Crippen molar-refractivity contribution in [3.63, 3.8) is 0 Å². The predicted octanol–water partition coefficient (Wildman–Crippen LogP) is 1.57. The van der Waals surface area contributed by atoms with Gasteiger partial charge in [-0.25, -0.2) is 4.98 Å². The molecule has 0 amide bonds. The summed E-state index contributed by atoms with van der Waals surface area (Å²) in [6.07, 6.45) is 1.75. The summed E-state index contributed by atoms with van der Waals surface area (Å²) in [7, 11) is 0. The molecule has 1 saturated heterocycles. The minimum atomic E-state index is -0.119. The highest BCUT2D eigenvalue weighted by Crippen LogP contribution is 2.22. The van der Waals surface area contributed by atoms with Crippen LogP contribution in [0.1, 0.15) is 19.5 Å². The number of anilines is 1. The van der Waals surface area contributed by atoms with Gasteiger partial charge in [-0.2, -0.15) is 5.26 Å². The maximum atomic E-state index is 8.68. The summed E-state index contributed by atoms with van der Waals surface area (Å²) >= 11 is 0. The largest absolute Gasteiger partial charge is 0.372 e. The molecular weight excluding hydrogens is 202 g/mol. The standard InChI is InChI=1S/C12H15N3O/c1-12(2)9-15(5-6-16-12)11-4-3-10(7-13)14-8-11/h3-4,8H,5-6,9H2,1-2H3. The number of hydrogen-bond donors (Lipinski definition) is 0. The number of nitrogens with zero attached hydrogens (tertiary/aromatic N) is 3. The van der Waals surface area contributed by atoms with E-state index in [9.17, 15) is 0 Å². The quantitative estimate of drug-likeness (QED) is 0.716. The molecule has 4 heteroatoms. The van der Waals surface area contributed by atoms with Crippen molar-refractivity contribution in [3.05, 3.63) is 24.0 Å². The van der Waals surface area contributed by atoms with E-state index in [1.165, 1.54) is 0 Å². The number of morpholine rings is 1. The molecule has 1 fully saturated rings. The van der Waals surface area contributed by atoms with Crippen LogP contribution < -0.4 is 4.90 Å². The molecule has 1 aromatic rings. The second kappa shape index (κ2) is 4.11. The number of rotatable bonds is 1. The highest BCUT2D eigenvalue weighted by atomic mass is 16.5. The maximum absolute atomic E-state index is 8.68. The lowest BCUT2D eigenvalue weighted by molar-refractivity contribution is -0.0277. The summed E-state index contributed by atoms with van der Waals surface area (Å²) in [6.45, 7) is 6.61. The van der Waals surface area contributed by atoms with Gasteiger partial charge in [-0.15, -0.1) is 0 Å². The summed E-state index contributed by atoms with van der Waals surface area (Å²) in [5.74, 6) is 0. The van der Waals surface area contributed by atoms with Gasteiger partial charge < -0.3 is 9.64 Å². The zero-order valence-electron chi connectivity index (χ0n) is 9.60. The fourth-order valence-corrected chi connectivity index (χ4v) is 1.88. The fourth-order valence-electron chi connectivity index (χ4n) is 1.88. The van der Waals surface area contributed by atoms with E-state index in [2.05, 4.69) is 23.7 Å². The Hall–Kier alpha value is -1.60. The molecule has 1 aliphatic rings. The summed E-state index contributed by atoms with van der Waals surface area (Å²) in [5.41, 5.74) is 1.39. The van der Waals surface area contributed by atoms with Crippen LogP contribution in [-0.4, -0.2) is 30.3 Å². The average molecular weight is 217 g/mol. The fraction of sp³-hybridized carbons (Fsp3) is 0.500. The van der Waals surface area contributed by atoms with E-state index in [4.69, 9.17) is 10.00 Å². The molecule has 84 valence electrons. The first-order chi connectivity index (χ1) is 7.61. The third-order valence-corrected chi connectivity index (χ3v) is 2.65. The lowest BCUT2D eigenvalue weighted by Crippen LogP contribution is -2.48. The first-order valence-electron chi connectivity index (χ1n) is 5.36. The van der Waals surface area contributed by atoms with Crippen LogP contribution in [0.2, 0.25) is 0 Å². The molecule has 2 heterocycles. The molecular formula is C12H15N3O. The van der Waals surface area contributed by atoms with Gasteiger partial charge in [0.1, 0.15) is 11.8 Å².